The van der Waals surface area contributed by atoms with Crippen LogP contribution in [0.1, 0.15) is 25.0 Å². The summed E-state index contributed by atoms with van der Waals surface area (Å²) in [4.78, 5) is 10.3. The van der Waals surface area contributed by atoms with Gasteiger partial charge in [-0.25, -0.2) is 0 Å². The molecular weight excluding hydrogens is 224 g/mol. The van der Waals surface area contributed by atoms with Crippen molar-refractivity contribution in [3.05, 3.63) is 33.9 Å². The molecule has 0 aliphatic carbocycles. The van der Waals surface area contributed by atoms with Crippen molar-refractivity contribution < 1.29 is 15.1 Å². The Morgan fingerprint density at radius 1 is 1.53 bits per heavy atom. The van der Waals surface area contributed by atoms with Crippen molar-refractivity contribution >= 4 is 11.4 Å². The number of nitro benzene ring substituents is 1. The van der Waals surface area contributed by atoms with Gasteiger partial charge in [0.15, 0.2) is 0 Å². The van der Waals surface area contributed by atoms with Gasteiger partial charge >= 0.3 is 0 Å². The normalized spacial score (nSPS) is 12.2. The minimum absolute atomic E-state index is 0.0703. The van der Waals surface area contributed by atoms with Crippen molar-refractivity contribution in [1.82, 2.24) is 0 Å². The first-order valence-corrected chi connectivity index (χ1v) is 5.37. The lowest BCUT2D eigenvalue weighted by Crippen LogP contribution is -2.05. The van der Waals surface area contributed by atoms with E-state index in [1.807, 2.05) is 0 Å². The van der Waals surface area contributed by atoms with Crippen LogP contribution in [-0.4, -0.2) is 28.3 Å². The second-order valence-corrected chi connectivity index (χ2v) is 3.71. The number of aliphatic hydroxyl groups is 2. The smallest absolute Gasteiger partial charge is 0.277 e. The van der Waals surface area contributed by atoms with Gasteiger partial charge in [-0.1, -0.05) is 0 Å². The zero-order valence-corrected chi connectivity index (χ0v) is 9.59. The van der Waals surface area contributed by atoms with Crippen molar-refractivity contribution in [2.24, 2.45) is 0 Å². The van der Waals surface area contributed by atoms with E-state index >= 15 is 0 Å². The second kappa shape index (κ2) is 6.17. The number of hydrogen-bond acceptors (Lipinski definition) is 5. The van der Waals surface area contributed by atoms with E-state index in [4.69, 9.17) is 5.11 Å². The molecule has 1 aromatic rings. The molecule has 0 heterocycles. The van der Waals surface area contributed by atoms with E-state index in [9.17, 15) is 15.2 Å². The molecule has 1 rings (SSSR count). The molecular formula is C11H16N2O4. The number of nitro groups is 1. The van der Waals surface area contributed by atoms with E-state index in [-0.39, 0.29) is 12.3 Å². The zero-order valence-electron chi connectivity index (χ0n) is 9.59. The summed E-state index contributed by atoms with van der Waals surface area (Å²) in [5, 5.41) is 31.8. The van der Waals surface area contributed by atoms with Crippen LogP contribution in [0.2, 0.25) is 0 Å². The lowest BCUT2D eigenvalue weighted by Gasteiger charge is -2.09. The lowest BCUT2D eigenvalue weighted by molar-refractivity contribution is -0.386. The number of rotatable bonds is 6. The van der Waals surface area contributed by atoms with Crippen molar-refractivity contribution in [2.45, 2.75) is 19.4 Å². The molecule has 0 saturated carbocycles. The van der Waals surface area contributed by atoms with Gasteiger partial charge in [0, 0.05) is 24.9 Å². The molecule has 1 unspecified atom stereocenters. The molecule has 0 aliphatic heterocycles. The Kier molecular flexibility index (Phi) is 4.86. The van der Waals surface area contributed by atoms with Gasteiger partial charge in [-0.3, -0.25) is 10.1 Å². The summed E-state index contributed by atoms with van der Waals surface area (Å²) in [6.07, 6.45) is -0.298. The lowest BCUT2D eigenvalue weighted by atomic mass is 10.1. The monoisotopic (exact) mass is 240 g/mol. The molecule has 0 aromatic heterocycles. The van der Waals surface area contributed by atoms with E-state index < -0.39 is 11.0 Å². The largest absolute Gasteiger partial charge is 0.396 e. The molecule has 0 saturated heterocycles. The third-order valence-corrected chi connectivity index (χ3v) is 2.34. The highest BCUT2D eigenvalue weighted by Gasteiger charge is 2.17. The van der Waals surface area contributed by atoms with E-state index in [0.29, 0.717) is 24.2 Å². The van der Waals surface area contributed by atoms with E-state index in [1.54, 1.807) is 6.07 Å². The van der Waals surface area contributed by atoms with Gasteiger partial charge in [-0.05, 0) is 25.5 Å². The summed E-state index contributed by atoms with van der Waals surface area (Å²) in [5.74, 6) is 0. The molecule has 0 fully saturated rings. The molecule has 17 heavy (non-hydrogen) atoms. The number of nitrogens with zero attached hydrogens (tertiary/aromatic N) is 1. The summed E-state index contributed by atoms with van der Waals surface area (Å²) in [7, 11) is 0. The van der Waals surface area contributed by atoms with Gasteiger partial charge in [0.2, 0.25) is 0 Å². The topological polar surface area (TPSA) is 95.6 Å². The molecule has 0 spiro atoms. The summed E-state index contributed by atoms with van der Waals surface area (Å²) < 4.78 is 0. The van der Waals surface area contributed by atoms with Crippen LogP contribution >= 0.6 is 0 Å². The number of nitrogens with one attached hydrogen (secondary N) is 1. The summed E-state index contributed by atoms with van der Waals surface area (Å²) >= 11 is 0. The Morgan fingerprint density at radius 3 is 2.76 bits per heavy atom. The predicted molar refractivity (Wildman–Crippen MR) is 63.9 cm³/mol. The van der Waals surface area contributed by atoms with E-state index in [2.05, 4.69) is 5.32 Å². The highest BCUT2D eigenvalue weighted by Crippen LogP contribution is 2.27. The van der Waals surface area contributed by atoms with Crippen LogP contribution in [0.15, 0.2) is 18.2 Å². The number of anilines is 1. The molecule has 6 heteroatoms. The Bertz CT molecular complexity index is 393. The fourth-order valence-corrected chi connectivity index (χ4v) is 1.48. The molecule has 3 N–H and O–H groups in total. The minimum atomic E-state index is -0.873. The van der Waals surface area contributed by atoms with Crippen LogP contribution in [-0.2, 0) is 0 Å². The quantitative estimate of drug-likeness (QED) is 0.397. The highest BCUT2D eigenvalue weighted by molar-refractivity contribution is 5.55. The summed E-state index contributed by atoms with van der Waals surface area (Å²) in [5.41, 5.74) is 0.797. The SMILES string of the molecule is CC(O)c1ccc(NCCCO)cc1[N+](=O)[O-]. The maximum atomic E-state index is 10.8. The third kappa shape index (κ3) is 3.69. The Hall–Kier alpha value is -1.66. The van der Waals surface area contributed by atoms with Crippen LogP contribution in [0.5, 0.6) is 0 Å². The van der Waals surface area contributed by atoms with E-state index in [1.165, 1.54) is 19.1 Å². The molecule has 0 bridgehead atoms. The summed E-state index contributed by atoms with van der Waals surface area (Å²) in [6, 6.07) is 4.59. The molecule has 0 radical (unpaired) electrons. The van der Waals surface area contributed by atoms with Gasteiger partial charge < -0.3 is 15.5 Å². The van der Waals surface area contributed by atoms with Gasteiger partial charge in [0.25, 0.3) is 5.69 Å². The first-order valence-electron chi connectivity index (χ1n) is 5.37. The maximum absolute atomic E-state index is 10.8. The van der Waals surface area contributed by atoms with Gasteiger partial charge in [-0.2, -0.15) is 0 Å². The Morgan fingerprint density at radius 2 is 2.24 bits per heavy atom. The van der Waals surface area contributed by atoms with Crippen LogP contribution in [0.4, 0.5) is 11.4 Å². The molecule has 0 aliphatic rings. The van der Waals surface area contributed by atoms with Crippen molar-refractivity contribution in [3.8, 4) is 0 Å². The molecule has 0 amide bonds. The molecule has 94 valence electrons. The number of hydrogen-bond donors (Lipinski definition) is 3. The second-order valence-electron chi connectivity index (χ2n) is 3.71. The number of benzene rings is 1. The van der Waals surface area contributed by atoms with Crippen LogP contribution in [0, 0.1) is 10.1 Å². The Labute approximate surface area is 99.0 Å². The minimum Gasteiger partial charge on any atom is -0.396 e. The van der Waals surface area contributed by atoms with Gasteiger partial charge in [0.1, 0.15) is 0 Å². The Balaban J connectivity index is 2.90. The van der Waals surface area contributed by atoms with Crippen LogP contribution in [0.25, 0.3) is 0 Å². The third-order valence-electron chi connectivity index (χ3n) is 2.34. The van der Waals surface area contributed by atoms with Gasteiger partial charge in [0.05, 0.1) is 16.6 Å². The highest BCUT2D eigenvalue weighted by atomic mass is 16.6. The average Bonchev–Trinajstić information content (AvgIpc) is 2.29. The standard InChI is InChI=1S/C11H16N2O4/c1-8(15)10-4-3-9(12-5-2-6-14)7-11(10)13(16)17/h3-4,7-8,12,14-15H,2,5-6H2,1H3. The van der Waals surface area contributed by atoms with Crippen molar-refractivity contribution in [1.29, 1.82) is 0 Å². The summed E-state index contributed by atoms with van der Waals surface area (Å²) in [6.45, 7) is 2.10. The van der Waals surface area contributed by atoms with Crippen molar-refractivity contribution in [2.75, 3.05) is 18.5 Å². The number of aliphatic hydroxyl groups excluding tert-OH is 2. The van der Waals surface area contributed by atoms with Crippen molar-refractivity contribution in [3.63, 3.8) is 0 Å². The first kappa shape index (κ1) is 13.4. The first-order chi connectivity index (χ1) is 8.06. The predicted octanol–water partition coefficient (Wildman–Crippen LogP) is 1.44. The fraction of sp³-hybridized carbons (Fsp3) is 0.455. The fourth-order valence-electron chi connectivity index (χ4n) is 1.48. The van der Waals surface area contributed by atoms with Gasteiger partial charge in [-0.15, -0.1) is 0 Å². The molecule has 1 atom stereocenters. The van der Waals surface area contributed by atoms with Crippen LogP contribution in [0.3, 0.4) is 0 Å². The maximum Gasteiger partial charge on any atom is 0.277 e. The average molecular weight is 240 g/mol. The van der Waals surface area contributed by atoms with Crippen LogP contribution < -0.4 is 5.32 Å². The molecule has 1 aromatic carbocycles. The molecule has 6 nitrogen and oxygen atoms in total. The zero-order chi connectivity index (χ0) is 12.8. The van der Waals surface area contributed by atoms with E-state index in [0.717, 1.165) is 0 Å².